The predicted molar refractivity (Wildman–Crippen MR) is 75.1 cm³/mol. The third-order valence-electron chi connectivity index (χ3n) is 3.55. The van der Waals surface area contributed by atoms with Crippen molar-refractivity contribution in [1.29, 1.82) is 0 Å². The van der Waals surface area contributed by atoms with Crippen molar-refractivity contribution < 1.29 is 14.7 Å². The van der Waals surface area contributed by atoms with Gasteiger partial charge < -0.3 is 10.4 Å². The van der Waals surface area contributed by atoms with Crippen LogP contribution in [-0.2, 0) is 4.79 Å². The number of rotatable bonds is 4. The van der Waals surface area contributed by atoms with E-state index in [1.807, 2.05) is 6.07 Å². The van der Waals surface area contributed by atoms with Crippen molar-refractivity contribution in [3.05, 3.63) is 34.3 Å². The van der Waals surface area contributed by atoms with Gasteiger partial charge in [-0.05, 0) is 40.9 Å². The molecule has 0 spiro atoms. The summed E-state index contributed by atoms with van der Waals surface area (Å²) in [6, 6.07) is 7.15. The summed E-state index contributed by atoms with van der Waals surface area (Å²) in [7, 11) is 0. The molecule has 0 atom stereocenters. The molecule has 1 aromatic carbocycles. The van der Waals surface area contributed by atoms with Crippen molar-refractivity contribution in [3.63, 3.8) is 0 Å². The lowest BCUT2D eigenvalue weighted by atomic mass is 9.92. The molecule has 0 bridgehead atoms. The monoisotopic (exact) mass is 325 g/mol. The molecule has 4 nitrogen and oxygen atoms in total. The van der Waals surface area contributed by atoms with Crippen molar-refractivity contribution >= 4 is 27.8 Å². The summed E-state index contributed by atoms with van der Waals surface area (Å²) in [5, 5.41) is 11.9. The van der Waals surface area contributed by atoms with Crippen molar-refractivity contribution in [3.8, 4) is 0 Å². The summed E-state index contributed by atoms with van der Waals surface area (Å²) in [5.41, 5.74) is -0.0442. The Labute approximate surface area is 120 Å². The Hall–Kier alpha value is -1.36. The summed E-state index contributed by atoms with van der Waals surface area (Å²) in [5.74, 6) is -1.08. The minimum atomic E-state index is -0.866. The molecule has 1 amide bonds. The van der Waals surface area contributed by atoms with Crippen molar-refractivity contribution in [2.75, 3.05) is 0 Å². The van der Waals surface area contributed by atoms with Crippen LogP contribution in [0.5, 0.6) is 0 Å². The first-order valence-electron chi connectivity index (χ1n) is 6.31. The van der Waals surface area contributed by atoms with Crippen molar-refractivity contribution in [2.24, 2.45) is 0 Å². The van der Waals surface area contributed by atoms with Gasteiger partial charge in [0.05, 0.1) is 17.5 Å². The number of hydrogen-bond acceptors (Lipinski definition) is 2. The van der Waals surface area contributed by atoms with E-state index in [4.69, 9.17) is 5.11 Å². The molecule has 1 aliphatic rings. The van der Waals surface area contributed by atoms with Crippen LogP contribution in [0.4, 0.5) is 0 Å². The fourth-order valence-electron chi connectivity index (χ4n) is 2.64. The second kappa shape index (κ2) is 5.74. The van der Waals surface area contributed by atoms with Crippen LogP contribution in [0, 0.1) is 0 Å². The SMILES string of the molecule is O=C(O)CC1(NC(=O)c2ccccc2Br)CCCC1. The van der Waals surface area contributed by atoms with E-state index >= 15 is 0 Å². The average Bonchev–Trinajstić information content (AvgIpc) is 2.76. The molecular formula is C14H16BrNO3. The van der Waals surface area contributed by atoms with Gasteiger partial charge in [-0.15, -0.1) is 0 Å². The topological polar surface area (TPSA) is 66.4 Å². The number of carboxylic acid groups (broad SMARTS) is 1. The first-order valence-corrected chi connectivity index (χ1v) is 7.11. The first kappa shape index (κ1) is 14.1. The van der Waals surface area contributed by atoms with Gasteiger partial charge >= 0.3 is 5.97 Å². The number of carbonyl (C=O) groups excluding carboxylic acids is 1. The van der Waals surface area contributed by atoms with E-state index in [-0.39, 0.29) is 12.3 Å². The fourth-order valence-corrected chi connectivity index (χ4v) is 3.11. The molecule has 2 N–H and O–H groups in total. The number of carbonyl (C=O) groups is 2. The number of hydrogen-bond donors (Lipinski definition) is 2. The zero-order valence-corrected chi connectivity index (χ0v) is 12.1. The molecule has 1 aromatic rings. The molecule has 0 heterocycles. The van der Waals surface area contributed by atoms with Gasteiger partial charge in [-0.3, -0.25) is 9.59 Å². The molecule has 0 aliphatic heterocycles. The fraction of sp³-hybridized carbons (Fsp3) is 0.429. The van der Waals surface area contributed by atoms with Gasteiger partial charge in [0.15, 0.2) is 0 Å². The maximum absolute atomic E-state index is 12.3. The van der Waals surface area contributed by atoms with E-state index in [1.54, 1.807) is 18.2 Å². The zero-order valence-electron chi connectivity index (χ0n) is 10.5. The smallest absolute Gasteiger partial charge is 0.305 e. The highest BCUT2D eigenvalue weighted by atomic mass is 79.9. The molecule has 5 heteroatoms. The molecule has 1 saturated carbocycles. The van der Waals surface area contributed by atoms with Crippen LogP contribution < -0.4 is 5.32 Å². The highest BCUT2D eigenvalue weighted by Gasteiger charge is 2.37. The van der Waals surface area contributed by atoms with Crippen LogP contribution in [0.15, 0.2) is 28.7 Å². The standard InChI is InChI=1S/C14H16BrNO3/c15-11-6-2-1-5-10(11)13(19)16-14(9-12(17)18)7-3-4-8-14/h1-2,5-6H,3-4,7-9H2,(H,16,19)(H,17,18). The zero-order chi connectivity index (χ0) is 13.9. The minimum absolute atomic E-state index is 0.0107. The second-order valence-corrected chi connectivity index (χ2v) is 5.85. The molecule has 102 valence electrons. The van der Waals surface area contributed by atoms with E-state index in [0.717, 1.165) is 30.2 Å². The molecule has 1 aliphatic carbocycles. The highest BCUT2D eigenvalue weighted by Crippen LogP contribution is 2.33. The molecule has 0 aromatic heterocycles. The van der Waals surface area contributed by atoms with Crippen molar-refractivity contribution in [2.45, 2.75) is 37.6 Å². The van der Waals surface area contributed by atoms with Gasteiger partial charge in [-0.25, -0.2) is 0 Å². The van der Waals surface area contributed by atoms with Gasteiger partial charge in [0.1, 0.15) is 0 Å². The summed E-state index contributed by atoms with van der Waals surface area (Å²) in [4.78, 5) is 23.3. The second-order valence-electron chi connectivity index (χ2n) is 4.99. The van der Waals surface area contributed by atoms with Crippen LogP contribution in [0.3, 0.4) is 0 Å². The Morgan fingerprint density at radius 1 is 1.26 bits per heavy atom. The number of halogens is 1. The quantitative estimate of drug-likeness (QED) is 0.894. The Morgan fingerprint density at radius 2 is 1.89 bits per heavy atom. The Morgan fingerprint density at radius 3 is 2.47 bits per heavy atom. The van der Waals surface area contributed by atoms with E-state index in [1.165, 1.54) is 0 Å². The van der Waals surface area contributed by atoms with Crippen LogP contribution >= 0.6 is 15.9 Å². The Bertz CT molecular complexity index is 495. The van der Waals surface area contributed by atoms with Gasteiger partial charge in [-0.1, -0.05) is 25.0 Å². The van der Waals surface area contributed by atoms with Crippen LogP contribution in [-0.4, -0.2) is 22.5 Å². The number of amides is 1. The lowest BCUT2D eigenvalue weighted by Crippen LogP contribution is -2.47. The summed E-state index contributed by atoms with van der Waals surface area (Å²) in [6.07, 6.45) is 3.38. The van der Waals surface area contributed by atoms with Crippen molar-refractivity contribution in [1.82, 2.24) is 5.32 Å². The minimum Gasteiger partial charge on any atom is -0.481 e. The third kappa shape index (κ3) is 3.35. The number of aliphatic carboxylic acids is 1. The van der Waals surface area contributed by atoms with E-state index in [2.05, 4.69) is 21.2 Å². The number of carboxylic acids is 1. The molecule has 19 heavy (non-hydrogen) atoms. The maximum atomic E-state index is 12.3. The summed E-state index contributed by atoms with van der Waals surface area (Å²) < 4.78 is 0.718. The third-order valence-corrected chi connectivity index (χ3v) is 4.24. The van der Waals surface area contributed by atoms with Crippen LogP contribution in [0.2, 0.25) is 0 Å². The average molecular weight is 326 g/mol. The van der Waals surface area contributed by atoms with E-state index in [9.17, 15) is 9.59 Å². The molecule has 1 fully saturated rings. The molecule has 0 radical (unpaired) electrons. The summed E-state index contributed by atoms with van der Waals surface area (Å²) in [6.45, 7) is 0. The normalized spacial score (nSPS) is 17.1. The van der Waals surface area contributed by atoms with Crippen LogP contribution in [0.25, 0.3) is 0 Å². The number of nitrogens with one attached hydrogen (secondary N) is 1. The lowest BCUT2D eigenvalue weighted by molar-refractivity contribution is -0.138. The predicted octanol–water partition coefficient (Wildman–Crippen LogP) is 2.97. The van der Waals surface area contributed by atoms with E-state index < -0.39 is 11.5 Å². The largest absolute Gasteiger partial charge is 0.481 e. The van der Waals surface area contributed by atoms with Gasteiger partial charge in [0.2, 0.25) is 0 Å². The van der Waals surface area contributed by atoms with Gasteiger partial charge in [0, 0.05) is 4.47 Å². The van der Waals surface area contributed by atoms with E-state index in [0.29, 0.717) is 5.56 Å². The molecule has 0 unspecified atom stereocenters. The highest BCUT2D eigenvalue weighted by molar-refractivity contribution is 9.10. The molecule has 0 saturated heterocycles. The Balaban J connectivity index is 2.16. The molecular weight excluding hydrogens is 310 g/mol. The van der Waals surface area contributed by atoms with Gasteiger partial charge in [-0.2, -0.15) is 0 Å². The number of benzene rings is 1. The van der Waals surface area contributed by atoms with Crippen LogP contribution in [0.1, 0.15) is 42.5 Å². The maximum Gasteiger partial charge on any atom is 0.305 e. The summed E-state index contributed by atoms with van der Waals surface area (Å²) >= 11 is 3.34. The first-order chi connectivity index (χ1) is 9.02. The lowest BCUT2D eigenvalue weighted by Gasteiger charge is -2.28. The molecule has 2 rings (SSSR count). The van der Waals surface area contributed by atoms with Gasteiger partial charge in [0.25, 0.3) is 5.91 Å². The Kier molecular flexibility index (Phi) is 4.24.